The van der Waals surface area contributed by atoms with Gasteiger partial charge in [0.1, 0.15) is 11.8 Å². The topological polar surface area (TPSA) is 37.4 Å². The van der Waals surface area contributed by atoms with E-state index in [2.05, 4.69) is 23.1 Å². The van der Waals surface area contributed by atoms with Gasteiger partial charge in [-0.3, -0.25) is 4.79 Å². The van der Waals surface area contributed by atoms with E-state index in [1.54, 1.807) is 0 Å². The van der Waals surface area contributed by atoms with Crippen LogP contribution in [0.2, 0.25) is 0 Å². The van der Waals surface area contributed by atoms with E-state index in [0.29, 0.717) is 12.8 Å². The van der Waals surface area contributed by atoms with Crippen molar-refractivity contribution in [3.63, 3.8) is 0 Å². The average Bonchev–Trinajstić information content (AvgIpc) is 3.06. The van der Waals surface area contributed by atoms with Gasteiger partial charge in [-0.2, -0.15) is 0 Å². The Balaban J connectivity index is 1.80. The second kappa shape index (κ2) is 7.10. The highest BCUT2D eigenvalue weighted by molar-refractivity contribution is 6.16. The van der Waals surface area contributed by atoms with Gasteiger partial charge in [0.2, 0.25) is 0 Å². The molecule has 0 N–H and O–H groups in total. The molecule has 3 aromatic carbocycles. The Morgan fingerprint density at radius 3 is 2.37 bits per heavy atom. The van der Waals surface area contributed by atoms with E-state index >= 15 is 0 Å². The van der Waals surface area contributed by atoms with Crippen molar-refractivity contribution < 1.29 is 9.59 Å². The highest BCUT2D eigenvalue weighted by atomic mass is 16.1. The molecule has 3 nitrogen and oxygen atoms in total. The smallest absolute Gasteiger partial charge is 0.195 e. The summed E-state index contributed by atoms with van der Waals surface area (Å²) < 4.78 is 0. The zero-order valence-electron chi connectivity index (χ0n) is 16.9. The lowest BCUT2D eigenvalue weighted by molar-refractivity contribution is -0.108. The fourth-order valence-electron chi connectivity index (χ4n) is 5.19. The zero-order chi connectivity index (χ0) is 20.7. The van der Waals surface area contributed by atoms with Gasteiger partial charge in [-0.25, -0.2) is 0 Å². The van der Waals surface area contributed by atoms with E-state index in [0.717, 1.165) is 39.8 Å². The normalized spacial score (nSPS) is 22.3. The number of anilines is 1. The number of rotatable bonds is 4. The SMILES string of the molecule is Cc1cccc2c1C(=O)[C@]1(c3ccccc3)CC=C(c3ccccc3)[C@@H](CC=O)N21. The van der Waals surface area contributed by atoms with Crippen molar-refractivity contribution in [3.8, 4) is 0 Å². The van der Waals surface area contributed by atoms with Crippen molar-refractivity contribution >= 4 is 23.3 Å². The van der Waals surface area contributed by atoms with Gasteiger partial charge in [-0.1, -0.05) is 78.9 Å². The molecule has 0 saturated heterocycles. The van der Waals surface area contributed by atoms with E-state index in [9.17, 15) is 9.59 Å². The quantitative estimate of drug-likeness (QED) is 0.562. The highest BCUT2D eigenvalue weighted by Gasteiger charge is 2.56. The van der Waals surface area contributed by atoms with Crippen LogP contribution in [0.15, 0.2) is 84.9 Å². The van der Waals surface area contributed by atoms with Gasteiger partial charge < -0.3 is 9.69 Å². The fraction of sp³-hybridized carbons (Fsp3) is 0.185. The summed E-state index contributed by atoms with van der Waals surface area (Å²) in [5.74, 6) is 0.126. The van der Waals surface area contributed by atoms with Gasteiger partial charge in [0.25, 0.3) is 0 Å². The Kier molecular flexibility index (Phi) is 4.39. The molecule has 0 spiro atoms. The van der Waals surface area contributed by atoms with E-state index in [1.165, 1.54) is 0 Å². The van der Waals surface area contributed by atoms with Crippen LogP contribution in [-0.2, 0) is 10.3 Å². The van der Waals surface area contributed by atoms with Gasteiger partial charge in [-0.05, 0) is 35.3 Å². The predicted molar refractivity (Wildman–Crippen MR) is 120 cm³/mol. The molecule has 0 aliphatic carbocycles. The van der Waals surface area contributed by atoms with Crippen molar-refractivity contribution in [1.29, 1.82) is 0 Å². The molecule has 0 amide bonds. The number of nitrogens with zero attached hydrogens (tertiary/aromatic N) is 1. The first-order valence-corrected chi connectivity index (χ1v) is 10.4. The number of fused-ring (bicyclic) bond motifs is 3. The number of benzene rings is 3. The number of Topliss-reactive ketones (excluding diaryl/α,β-unsaturated/α-hetero) is 1. The lowest BCUT2D eigenvalue weighted by atomic mass is 9.75. The molecule has 2 aliphatic rings. The minimum atomic E-state index is -0.818. The minimum absolute atomic E-state index is 0.126. The van der Waals surface area contributed by atoms with Crippen LogP contribution in [0, 0.1) is 6.92 Å². The van der Waals surface area contributed by atoms with Crippen LogP contribution in [0.25, 0.3) is 5.57 Å². The van der Waals surface area contributed by atoms with Crippen molar-refractivity contribution in [2.45, 2.75) is 31.3 Å². The number of ketones is 1. The summed E-state index contributed by atoms with van der Waals surface area (Å²) in [5, 5.41) is 0. The van der Waals surface area contributed by atoms with Crippen LogP contribution < -0.4 is 4.90 Å². The third-order valence-electron chi connectivity index (χ3n) is 6.49. The Morgan fingerprint density at radius 2 is 1.67 bits per heavy atom. The summed E-state index contributed by atoms with van der Waals surface area (Å²) in [6.07, 6.45) is 4.05. The molecule has 0 saturated carbocycles. The number of hydrogen-bond donors (Lipinski definition) is 0. The average molecular weight is 393 g/mol. The Hall–Kier alpha value is -3.46. The van der Waals surface area contributed by atoms with E-state index in [4.69, 9.17) is 0 Å². The zero-order valence-corrected chi connectivity index (χ0v) is 16.9. The molecular weight excluding hydrogens is 370 g/mol. The number of carbonyl (C=O) groups excluding carboxylic acids is 2. The van der Waals surface area contributed by atoms with Crippen LogP contribution in [0.1, 0.15) is 39.9 Å². The summed E-state index contributed by atoms with van der Waals surface area (Å²) in [4.78, 5) is 28.0. The maximum atomic E-state index is 14.0. The van der Waals surface area contributed by atoms with Gasteiger partial charge >= 0.3 is 0 Å². The standard InChI is InChI=1S/C27H23NO2/c1-19-9-8-14-24-25(19)26(30)27(21-12-6-3-7-13-21)17-15-22(20-10-4-2-5-11-20)23(16-18-29)28(24)27/h2-15,18,23H,16-17H2,1H3/t23-,27-/m1/s1. The van der Waals surface area contributed by atoms with Crippen molar-refractivity contribution in [1.82, 2.24) is 0 Å². The Labute approximate surface area is 176 Å². The third-order valence-corrected chi connectivity index (χ3v) is 6.49. The molecule has 0 fully saturated rings. The first-order valence-electron chi connectivity index (χ1n) is 10.4. The lowest BCUT2D eigenvalue weighted by Gasteiger charge is -2.47. The summed E-state index contributed by atoms with van der Waals surface area (Å²) >= 11 is 0. The highest BCUT2D eigenvalue weighted by Crippen LogP contribution is 2.54. The van der Waals surface area contributed by atoms with Gasteiger partial charge in [0, 0.05) is 24.1 Å². The van der Waals surface area contributed by atoms with E-state index in [1.807, 2.05) is 73.7 Å². The van der Waals surface area contributed by atoms with Crippen LogP contribution in [-0.4, -0.2) is 18.1 Å². The molecule has 148 valence electrons. The van der Waals surface area contributed by atoms with Gasteiger partial charge in [0.05, 0.1) is 6.04 Å². The van der Waals surface area contributed by atoms with E-state index in [-0.39, 0.29) is 11.8 Å². The molecule has 0 aromatic heterocycles. The molecular formula is C27H23NO2. The van der Waals surface area contributed by atoms with Crippen molar-refractivity contribution in [2.75, 3.05) is 4.90 Å². The summed E-state index contributed by atoms with van der Waals surface area (Å²) in [7, 11) is 0. The second-order valence-electron chi connectivity index (χ2n) is 8.04. The van der Waals surface area contributed by atoms with Crippen LogP contribution in [0.5, 0.6) is 0 Å². The summed E-state index contributed by atoms with van der Waals surface area (Å²) in [6.45, 7) is 1.99. The van der Waals surface area contributed by atoms with E-state index < -0.39 is 5.54 Å². The third kappa shape index (κ3) is 2.51. The lowest BCUT2D eigenvalue weighted by Crippen LogP contribution is -2.55. The van der Waals surface area contributed by atoms with Crippen LogP contribution in [0.3, 0.4) is 0 Å². The maximum absolute atomic E-state index is 14.0. The Morgan fingerprint density at radius 1 is 0.967 bits per heavy atom. The number of hydrogen-bond acceptors (Lipinski definition) is 3. The molecule has 2 aliphatic heterocycles. The van der Waals surface area contributed by atoms with Gasteiger partial charge in [-0.15, -0.1) is 0 Å². The molecule has 30 heavy (non-hydrogen) atoms. The minimum Gasteiger partial charge on any atom is -0.346 e. The number of aldehydes is 1. The van der Waals surface area contributed by atoms with Crippen LogP contribution >= 0.6 is 0 Å². The molecule has 3 aromatic rings. The number of aryl methyl sites for hydroxylation is 1. The number of carbonyl (C=O) groups is 2. The molecule has 2 heterocycles. The maximum Gasteiger partial charge on any atom is 0.195 e. The second-order valence-corrected chi connectivity index (χ2v) is 8.04. The Bertz CT molecular complexity index is 1150. The molecule has 0 bridgehead atoms. The first kappa shape index (κ1) is 18.6. The largest absolute Gasteiger partial charge is 0.346 e. The predicted octanol–water partition coefficient (Wildman–Crippen LogP) is 5.34. The molecule has 0 radical (unpaired) electrons. The first-order chi connectivity index (χ1) is 14.7. The van der Waals surface area contributed by atoms with Crippen molar-refractivity contribution in [3.05, 3.63) is 107 Å². The molecule has 0 unspecified atom stereocenters. The van der Waals surface area contributed by atoms with Crippen LogP contribution in [0.4, 0.5) is 5.69 Å². The van der Waals surface area contributed by atoms with Gasteiger partial charge in [0.15, 0.2) is 5.78 Å². The molecule has 5 rings (SSSR count). The summed E-state index contributed by atoms with van der Waals surface area (Å²) in [5.41, 5.74) is 5.05. The fourth-order valence-corrected chi connectivity index (χ4v) is 5.19. The molecule has 2 atom stereocenters. The molecule has 3 heteroatoms. The van der Waals surface area contributed by atoms with Crippen molar-refractivity contribution in [2.24, 2.45) is 0 Å². The summed E-state index contributed by atoms with van der Waals surface area (Å²) in [6, 6.07) is 26.0. The monoisotopic (exact) mass is 393 g/mol.